The molecule has 2 N–H and O–H groups in total. The number of rotatable bonds is 9. The lowest BCUT2D eigenvalue weighted by atomic mass is 10.0. The molecule has 0 saturated heterocycles. The molecule has 0 aliphatic rings. The molecule has 0 rings (SSSR count). The average Bonchev–Trinajstić information content (AvgIpc) is 2.36. The Bertz CT molecular complexity index is 212. The van der Waals surface area contributed by atoms with Gasteiger partial charge in [-0.2, -0.15) is 10.5 Å². The van der Waals surface area contributed by atoms with Crippen molar-refractivity contribution in [1.82, 2.24) is 0 Å². The van der Waals surface area contributed by atoms with E-state index in [1.54, 1.807) is 0 Å². The second kappa shape index (κ2) is 10.0. The largest absolute Gasteiger partial charge is 0.356 e. The topological polar surface area (TPSA) is 93.1 Å². The van der Waals surface area contributed by atoms with E-state index in [4.69, 9.17) is 10.5 Å². The van der Waals surface area contributed by atoms with Crippen molar-refractivity contribution in [2.75, 3.05) is 0 Å². The number of hydrogen-bond acceptors (Lipinski definition) is 6. The first-order valence-corrected chi connectivity index (χ1v) is 5.87. The Labute approximate surface area is 100 Å². The van der Waals surface area contributed by atoms with Gasteiger partial charge in [-0.3, -0.25) is 0 Å². The summed E-state index contributed by atoms with van der Waals surface area (Å²) in [6, 6.07) is 0. The van der Waals surface area contributed by atoms with Crippen molar-refractivity contribution in [1.29, 1.82) is 0 Å². The van der Waals surface area contributed by atoms with Gasteiger partial charge >= 0.3 is 11.9 Å². The van der Waals surface area contributed by atoms with Crippen LogP contribution in [-0.4, -0.2) is 22.5 Å². The maximum absolute atomic E-state index is 11.0. The zero-order valence-corrected chi connectivity index (χ0v) is 10.1. The molecule has 0 aromatic rings. The third-order valence-electron chi connectivity index (χ3n) is 2.60. The van der Waals surface area contributed by atoms with E-state index in [2.05, 4.69) is 16.7 Å². The molecule has 0 aliphatic heterocycles. The van der Waals surface area contributed by atoms with E-state index in [-0.39, 0.29) is 6.42 Å². The molecule has 0 aliphatic carbocycles. The maximum atomic E-state index is 11.0. The monoisotopic (exact) mass is 248 g/mol. The minimum atomic E-state index is -1.25. The molecule has 0 saturated carbocycles. The SMILES string of the molecule is CCCCCCCCC(C(=O)OO)C(=O)OO. The Balaban J connectivity index is 3.85. The lowest BCUT2D eigenvalue weighted by Gasteiger charge is -2.09. The molecule has 17 heavy (non-hydrogen) atoms. The highest BCUT2D eigenvalue weighted by molar-refractivity contribution is 5.94. The van der Waals surface area contributed by atoms with Crippen molar-refractivity contribution < 1.29 is 29.9 Å². The fraction of sp³-hybridized carbons (Fsp3) is 0.818. The summed E-state index contributed by atoms with van der Waals surface area (Å²) in [4.78, 5) is 28.9. The summed E-state index contributed by atoms with van der Waals surface area (Å²) in [7, 11) is 0. The van der Waals surface area contributed by atoms with Crippen LogP contribution >= 0.6 is 0 Å². The Morgan fingerprint density at radius 2 is 1.41 bits per heavy atom. The molecule has 0 bridgehead atoms. The lowest BCUT2D eigenvalue weighted by molar-refractivity contribution is -0.255. The summed E-state index contributed by atoms with van der Waals surface area (Å²) >= 11 is 0. The van der Waals surface area contributed by atoms with Gasteiger partial charge in [0.2, 0.25) is 0 Å². The molecule has 0 atom stereocenters. The van der Waals surface area contributed by atoms with Crippen LogP contribution in [0.1, 0.15) is 51.9 Å². The second-order valence-corrected chi connectivity index (χ2v) is 3.93. The number of carbonyl (C=O) groups excluding carboxylic acids is 2. The quantitative estimate of drug-likeness (QED) is 0.281. The number of carbonyl (C=O) groups is 2. The Morgan fingerprint density at radius 1 is 0.941 bits per heavy atom. The van der Waals surface area contributed by atoms with Crippen LogP contribution in [0.5, 0.6) is 0 Å². The Kier molecular flexibility index (Phi) is 9.37. The third kappa shape index (κ3) is 6.91. The highest BCUT2D eigenvalue weighted by Crippen LogP contribution is 2.14. The average molecular weight is 248 g/mol. The van der Waals surface area contributed by atoms with Crippen LogP contribution < -0.4 is 0 Å². The van der Waals surface area contributed by atoms with Gasteiger partial charge in [0.25, 0.3) is 0 Å². The molecular formula is C11H20O6. The van der Waals surface area contributed by atoms with E-state index in [1.165, 1.54) is 6.42 Å². The van der Waals surface area contributed by atoms with Gasteiger partial charge in [0, 0.05) is 0 Å². The first-order chi connectivity index (χ1) is 8.17. The van der Waals surface area contributed by atoms with Crippen molar-refractivity contribution in [3.8, 4) is 0 Å². The van der Waals surface area contributed by atoms with E-state index in [0.717, 1.165) is 25.7 Å². The summed E-state index contributed by atoms with van der Waals surface area (Å²) in [5, 5.41) is 16.4. The minimum absolute atomic E-state index is 0.199. The summed E-state index contributed by atoms with van der Waals surface area (Å²) < 4.78 is 0. The van der Waals surface area contributed by atoms with Crippen LogP contribution in [0.3, 0.4) is 0 Å². The molecule has 0 amide bonds. The van der Waals surface area contributed by atoms with Crippen molar-refractivity contribution in [2.24, 2.45) is 5.92 Å². The van der Waals surface area contributed by atoms with Gasteiger partial charge in [0.15, 0.2) is 5.92 Å². The van der Waals surface area contributed by atoms with E-state index in [0.29, 0.717) is 6.42 Å². The van der Waals surface area contributed by atoms with E-state index in [9.17, 15) is 9.59 Å². The normalized spacial score (nSPS) is 10.4. The van der Waals surface area contributed by atoms with Crippen LogP contribution in [0.15, 0.2) is 0 Å². The molecule has 0 fully saturated rings. The molecule has 6 heteroatoms. The predicted molar refractivity (Wildman–Crippen MR) is 58.9 cm³/mol. The van der Waals surface area contributed by atoms with Gasteiger partial charge in [-0.1, -0.05) is 45.4 Å². The molecule has 0 aromatic heterocycles. The van der Waals surface area contributed by atoms with E-state index < -0.39 is 17.9 Å². The molecule has 0 radical (unpaired) electrons. The van der Waals surface area contributed by atoms with Gasteiger partial charge < -0.3 is 9.78 Å². The predicted octanol–water partition coefficient (Wildman–Crippen LogP) is 2.39. The van der Waals surface area contributed by atoms with Gasteiger partial charge in [0.1, 0.15) is 0 Å². The summed E-state index contributed by atoms with van der Waals surface area (Å²) in [6.07, 6.45) is 6.19. The molecule has 0 aromatic carbocycles. The molecule has 100 valence electrons. The fourth-order valence-corrected chi connectivity index (χ4v) is 1.59. The summed E-state index contributed by atoms with van der Waals surface area (Å²) in [5.41, 5.74) is 0. The first-order valence-electron chi connectivity index (χ1n) is 5.87. The molecular weight excluding hydrogens is 228 g/mol. The van der Waals surface area contributed by atoms with Crippen LogP contribution in [0.2, 0.25) is 0 Å². The zero-order valence-electron chi connectivity index (χ0n) is 10.1. The Morgan fingerprint density at radius 3 is 1.88 bits per heavy atom. The lowest BCUT2D eigenvalue weighted by Crippen LogP contribution is -2.26. The van der Waals surface area contributed by atoms with Crippen LogP contribution in [0.4, 0.5) is 0 Å². The highest BCUT2D eigenvalue weighted by Gasteiger charge is 2.30. The third-order valence-corrected chi connectivity index (χ3v) is 2.60. The fourth-order valence-electron chi connectivity index (χ4n) is 1.59. The second-order valence-electron chi connectivity index (χ2n) is 3.93. The standard InChI is InChI=1S/C11H20O6/c1-2-3-4-5-6-7-8-9(10(12)16-14)11(13)17-15/h9,14-15H,2-8H2,1H3. The van der Waals surface area contributed by atoms with Gasteiger partial charge in [-0.05, 0) is 6.42 Å². The molecule has 0 heterocycles. The number of hydrogen-bond donors (Lipinski definition) is 2. The number of unbranched alkanes of at least 4 members (excludes halogenated alkanes) is 5. The van der Waals surface area contributed by atoms with Crippen LogP contribution in [0, 0.1) is 5.92 Å². The smallest absolute Gasteiger partial charge is 0.300 e. The zero-order chi connectivity index (χ0) is 13.1. The summed E-state index contributed by atoms with van der Waals surface area (Å²) in [5.74, 6) is -3.45. The minimum Gasteiger partial charge on any atom is -0.300 e. The van der Waals surface area contributed by atoms with Gasteiger partial charge in [0.05, 0.1) is 0 Å². The Hall–Kier alpha value is -1.14. The summed E-state index contributed by atoms with van der Waals surface area (Å²) in [6.45, 7) is 2.12. The van der Waals surface area contributed by atoms with Crippen molar-refractivity contribution in [3.63, 3.8) is 0 Å². The van der Waals surface area contributed by atoms with E-state index >= 15 is 0 Å². The van der Waals surface area contributed by atoms with Crippen molar-refractivity contribution >= 4 is 11.9 Å². The highest BCUT2D eigenvalue weighted by atomic mass is 17.1. The van der Waals surface area contributed by atoms with Crippen molar-refractivity contribution in [2.45, 2.75) is 51.9 Å². The van der Waals surface area contributed by atoms with Gasteiger partial charge in [-0.25, -0.2) is 9.59 Å². The first kappa shape index (κ1) is 15.9. The molecule has 0 spiro atoms. The van der Waals surface area contributed by atoms with Crippen molar-refractivity contribution in [3.05, 3.63) is 0 Å². The van der Waals surface area contributed by atoms with E-state index in [1.807, 2.05) is 0 Å². The van der Waals surface area contributed by atoms with Crippen LogP contribution in [0.25, 0.3) is 0 Å². The van der Waals surface area contributed by atoms with Crippen LogP contribution in [-0.2, 0) is 19.4 Å². The maximum Gasteiger partial charge on any atom is 0.356 e. The molecule has 6 nitrogen and oxygen atoms in total. The van der Waals surface area contributed by atoms with Gasteiger partial charge in [-0.15, -0.1) is 0 Å². The molecule has 0 unspecified atom stereocenters.